The second-order valence-corrected chi connectivity index (χ2v) is 8.48. The zero-order chi connectivity index (χ0) is 20.5. The predicted octanol–water partition coefficient (Wildman–Crippen LogP) is 3.08. The van der Waals surface area contributed by atoms with Crippen molar-refractivity contribution in [1.82, 2.24) is 15.1 Å². The van der Waals surface area contributed by atoms with Crippen LogP contribution in [0.2, 0.25) is 0 Å². The number of hydrogen-bond donors (Lipinski definition) is 1. The quantitative estimate of drug-likeness (QED) is 0.829. The lowest BCUT2D eigenvalue weighted by molar-refractivity contribution is -0.126. The summed E-state index contributed by atoms with van der Waals surface area (Å²) in [6.07, 6.45) is 6.17. The molecule has 1 saturated heterocycles. The molecular formula is C23H31N3O3. The molecule has 3 atom stereocenters. The second kappa shape index (κ2) is 8.19. The van der Waals surface area contributed by atoms with Gasteiger partial charge in [-0.25, -0.2) is 0 Å². The fourth-order valence-corrected chi connectivity index (χ4v) is 4.83. The van der Waals surface area contributed by atoms with Crippen LogP contribution < -0.4 is 10.1 Å². The normalized spacial score (nSPS) is 27.2. The smallest absolute Gasteiger partial charge is 0.255 e. The molecule has 1 aromatic carbocycles. The summed E-state index contributed by atoms with van der Waals surface area (Å²) in [6, 6.07) is 5.75. The molecule has 2 heterocycles. The monoisotopic (exact) mass is 397 g/mol. The Morgan fingerprint density at radius 1 is 1.24 bits per heavy atom. The summed E-state index contributed by atoms with van der Waals surface area (Å²) in [5.41, 5.74) is 2.35. The molecule has 0 aromatic heterocycles. The number of piperidine rings is 1. The molecule has 1 unspecified atom stereocenters. The maximum atomic E-state index is 12.9. The van der Waals surface area contributed by atoms with Gasteiger partial charge in [0.1, 0.15) is 17.9 Å². The Bertz CT molecular complexity index is 822. The first-order valence-corrected chi connectivity index (χ1v) is 10.8. The van der Waals surface area contributed by atoms with Gasteiger partial charge >= 0.3 is 0 Å². The standard InChI is InChI=1S/C23H31N3O3/c1-4-25(3)19-7-5-6-8-21(19)29-17-10-11-18-16(13-17)14-26(23(18)28)20-12-9-15(2)24-22(20)27/h10-11,13,19-21H,2,4-9,12,14H2,1,3H3,(H,24,27)/t19-,20?,21+/m0/s1. The molecule has 2 fully saturated rings. The van der Waals surface area contributed by atoms with Crippen molar-refractivity contribution >= 4 is 11.8 Å². The van der Waals surface area contributed by atoms with Crippen molar-refractivity contribution in [3.63, 3.8) is 0 Å². The molecule has 0 bridgehead atoms. The second-order valence-electron chi connectivity index (χ2n) is 8.48. The van der Waals surface area contributed by atoms with E-state index < -0.39 is 6.04 Å². The molecule has 1 N–H and O–H groups in total. The number of carbonyl (C=O) groups excluding carboxylic acids is 2. The van der Waals surface area contributed by atoms with Crippen LogP contribution >= 0.6 is 0 Å². The summed E-state index contributed by atoms with van der Waals surface area (Å²) >= 11 is 0. The first kappa shape index (κ1) is 20.0. The van der Waals surface area contributed by atoms with Gasteiger partial charge in [0.25, 0.3) is 5.91 Å². The number of carbonyl (C=O) groups is 2. The van der Waals surface area contributed by atoms with Crippen molar-refractivity contribution < 1.29 is 14.3 Å². The summed E-state index contributed by atoms with van der Waals surface area (Å²) in [5.74, 6) is 0.619. The van der Waals surface area contributed by atoms with Gasteiger partial charge in [-0.1, -0.05) is 19.9 Å². The summed E-state index contributed by atoms with van der Waals surface area (Å²) in [5, 5.41) is 2.78. The van der Waals surface area contributed by atoms with Crippen molar-refractivity contribution in [3.05, 3.63) is 41.6 Å². The van der Waals surface area contributed by atoms with Crippen molar-refractivity contribution in [2.45, 2.75) is 70.2 Å². The van der Waals surface area contributed by atoms with Crippen LogP contribution in [0.3, 0.4) is 0 Å². The van der Waals surface area contributed by atoms with Gasteiger partial charge in [0.05, 0.1) is 0 Å². The van der Waals surface area contributed by atoms with Crippen molar-refractivity contribution in [3.8, 4) is 5.75 Å². The third kappa shape index (κ3) is 3.90. The first-order valence-electron chi connectivity index (χ1n) is 10.8. The van der Waals surface area contributed by atoms with E-state index in [2.05, 4.69) is 30.8 Å². The SMILES string of the molecule is C=C1CCC(N2Cc3cc(O[C@@H]4CCCC[C@@H]4N(C)CC)ccc3C2=O)C(=O)N1. The minimum atomic E-state index is -0.425. The van der Waals surface area contributed by atoms with Gasteiger partial charge in [0, 0.05) is 23.8 Å². The van der Waals surface area contributed by atoms with Gasteiger partial charge in [0.15, 0.2) is 0 Å². The van der Waals surface area contributed by atoms with Crippen molar-refractivity contribution in [2.75, 3.05) is 13.6 Å². The molecule has 1 aliphatic carbocycles. The number of allylic oxidation sites excluding steroid dienone is 1. The maximum absolute atomic E-state index is 12.9. The Balaban J connectivity index is 1.48. The van der Waals surface area contributed by atoms with Crippen LogP contribution in [-0.4, -0.2) is 53.4 Å². The van der Waals surface area contributed by atoms with Crippen molar-refractivity contribution in [1.29, 1.82) is 0 Å². The van der Waals surface area contributed by atoms with Crippen LogP contribution in [0.1, 0.15) is 61.4 Å². The van der Waals surface area contributed by atoms with Gasteiger partial charge in [-0.15, -0.1) is 0 Å². The summed E-state index contributed by atoms with van der Waals surface area (Å²) < 4.78 is 6.40. The molecule has 1 aromatic rings. The summed E-state index contributed by atoms with van der Waals surface area (Å²) in [6.45, 7) is 7.46. The highest BCUT2D eigenvalue weighted by molar-refractivity contribution is 6.01. The number of hydrogen-bond acceptors (Lipinski definition) is 4. The van der Waals surface area contributed by atoms with E-state index >= 15 is 0 Å². The van der Waals surface area contributed by atoms with Crippen LogP contribution in [0.5, 0.6) is 5.75 Å². The number of fused-ring (bicyclic) bond motifs is 1. The molecule has 3 aliphatic rings. The van der Waals surface area contributed by atoms with Gasteiger partial charge < -0.3 is 19.9 Å². The predicted molar refractivity (Wildman–Crippen MR) is 112 cm³/mol. The summed E-state index contributed by atoms with van der Waals surface area (Å²) in [4.78, 5) is 29.3. The number of benzene rings is 1. The average Bonchev–Trinajstić information content (AvgIpc) is 3.03. The van der Waals surface area contributed by atoms with Gasteiger partial charge in [0.2, 0.25) is 5.91 Å². The highest BCUT2D eigenvalue weighted by atomic mass is 16.5. The Labute approximate surface area is 172 Å². The van der Waals surface area contributed by atoms with Gasteiger partial charge in [-0.2, -0.15) is 0 Å². The Hall–Kier alpha value is -2.34. The van der Waals surface area contributed by atoms with E-state index in [0.29, 0.717) is 31.0 Å². The van der Waals surface area contributed by atoms with Crippen LogP contribution in [0.25, 0.3) is 0 Å². The Morgan fingerprint density at radius 2 is 2.03 bits per heavy atom. The number of likely N-dealkylation sites (N-methyl/N-ethyl adjacent to an activating group) is 1. The molecule has 29 heavy (non-hydrogen) atoms. The highest BCUT2D eigenvalue weighted by Gasteiger charge is 2.38. The van der Waals surface area contributed by atoms with E-state index in [0.717, 1.165) is 36.4 Å². The van der Waals surface area contributed by atoms with E-state index in [1.54, 1.807) is 4.90 Å². The van der Waals surface area contributed by atoms with E-state index in [9.17, 15) is 9.59 Å². The first-order chi connectivity index (χ1) is 14.0. The molecule has 4 rings (SSSR count). The van der Waals surface area contributed by atoms with Crippen LogP contribution in [0.15, 0.2) is 30.5 Å². The van der Waals surface area contributed by atoms with E-state index in [4.69, 9.17) is 4.74 Å². The topological polar surface area (TPSA) is 61.9 Å². The fourth-order valence-electron chi connectivity index (χ4n) is 4.83. The molecule has 1 saturated carbocycles. The number of nitrogens with zero attached hydrogens (tertiary/aromatic N) is 2. The number of ether oxygens (including phenoxy) is 1. The third-order valence-corrected chi connectivity index (χ3v) is 6.63. The van der Waals surface area contributed by atoms with E-state index in [-0.39, 0.29) is 17.9 Å². The Kier molecular flexibility index (Phi) is 5.63. The molecule has 6 nitrogen and oxygen atoms in total. The molecule has 2 aliphatic heterocycles. The zero-order valence-electron chi connectivity index (χ0n) is 17.4. The highest BCUT2D eigenvalue weighted by Crippen LogP contribution is 2.33. The Morgan fingerprint density at radius 3 is 2.79 bits per heavy atom. The van der Waals surface area contributed by atoms with Gasteiger partial charge in [-0.3, -0.25) is 9.59 Å². The molecule has 0 radical (unpaired) electrons. The number of nitrogens with one attached hydrogen (secondary N) is 1. The number of amides is 2. The summed E-state index contributed by atoms with van der Waals surface area (Å²) in [7, 11) is 2.16. The molecular weight excluding hydrogens is 366 g/mol. The lowest BCUT2D eigenvalue weighted by Gasteiger charge is -2.37. The molecule has 0 spiro atoms. The maximum Gasteiger partial charge on any atom is 0.255 e. The third-order valence-electron chi connectivity index (χ3n) is 6.63. The van der Waals surface area contributed by atoms with Crippen LogP contribution in [0.4, 0.5) is 0 Å². The van der Waals surface area contributed by atoms with Crippen molar-refractivity contribution in [2.24, 2.45) is 0 Å². The average molecular weight is 398 g/mol. The van der Waals surface area contributed by atoms with Crippen LogP contribution in [0, 0.1) is 0 Å². The van der Waals surface area contributed by atoms with Gasteiger partial charge in [-0.05, 0) is 69.5 Å². The number of rotatable bonds is 5. The molecule has 156 valence electrons. The van der Waals surface area contributed by atoms with E-state index in [1.165, 1.54) is 12.8 Å². The van der Waals surface area contributed by atoms with Crippen LogP contribution in [-0.2, 0) is 11.3 Å². The molecule has 6 heteroatoms. The van der Waals surface area contributed by atoms with E-state index in [1.807, 2.05) is 18.2 Å². The zero-order valence-corrected chi connectivity index (χ0v) is 17.4. The lowest BCUT2D eigenvalue weighted by atomic mass is 9.91. The minimum Gasteiger partial charge on any atom is -0.489 e. The minimum absolute atomic E-state index is 0.0690. The largest absolute Gasteiger partial charge is 0.489 e. The lowest BCUT2D eigenvalue weighted by Crippen LogP contribution is -2.49. The molecule has 2 amide bonds. The fraction of sp³-hybridized carbons (Fsp3) is 0.565.